The Bertz CT molecular complexity index is 5350. The summed E-state index contributed by atoms with van der Waals surface area (Å²) in [4.78, 5) is 0.279. The van der Waals surface area contributed by atoms with Gasteiger partial charge in [0.2, 0.25) is 0 Å². The van der Waals surface area contributed by atoms with E-state index in [1.165, 1.54) is 0 Å². The lowest BCUT2D eigenvalue weighted by Gasteiger charge is -2.27. The highest BCUT2D eigenvalue weighted by Gasteiger charge is 2.23. The Morgan fingerprint density at radius 1 is 0.345 bits per heavy atom. The van der Waals surface area contributed by atoms with Gasteiger partial charge in [0, 0.05) is 22.3 Å². The van der Waals surface area contributed by atoms with Crippen molar-refractivity contribution in [3.8, 4) is 44.5 Å². The zero-order chi connectivity index (χ0) is 70.6. The summed E-state index contributed by atoms with van der Waals surface area (Å²) < 4.78 is 343. The normalized spacial score (nSPS) is 20.4. The van der Waals surface area contributed by atoms with Crippen LogP contribution >= 0.6 is 0 Å². The van der Waals surface area contributed by atoms with E-state index in [-0.39, 0.29) is 4.90 Å². The van der Waals surface area contributed by atoms with Crippen LogP contribution in [0.5, 0.6) is 0 Å². The first kappa shape index (κ1) is 12.9. The zero-order valence-corrected chi connectivity index (χ0v) is 28.9. The van der Waals surface area contributed by atoms with Crippen LogP contribution in [0, 0.1) is 0 Å². The van der Waals surface area contributed by atoms with Crippen LogP contribution in [-0.2, 0) is 0 Å². The molecule has 1 heterocycles. The minimum atomic E-state index is -1.44. The van der Waals surface area contributed by atoms with Gasteiger partial charge in [0.25, 0.3) is 0 Å². The smallest absolute Gasteiger partial charge is 0.145 e. The highest BCUT2D eigenvalue weighted by molar-refractivity contribution is 6.17. The van der Waals surface area contributed by atoms with Crippen molar-refractivity contribution in [1.82, 2.24) is 0 Å². The van der Waals surface area contributed by atoms with Crippen LogP contribution in [0.2, 0.25) is 0 Å². The molecule has 11 aromatic rings. The molecule has 0 radical (unpaired) electrons. The summed E-state index contributed by atoms with van der Waals surface area (Å²) in [6.45, 7) is 0. The lowest BCUT2D eigenvalue weighted by atomic mass is 9.93. The highest BCUT2D eigenvalue weighted by atomic mass is 16.3. The van der Waals surface area contributed by atoms with Crippen molar-refractivity contribution in [2.45, 2.75) is 0 Å². The average molecular weight is 777 g/mol. The average Bonchev–Trinajstić information content (AvgIpc) is 1.68. The highest BCUT2D eigenvalue weighted by Crippen LogP contribution is 2.47. The number of anilines is 3. The topological polar surface area (TPSA) is 16.4 Å². The first-order valence-electron chi connectivity index (χ1n) is 35.3. The molecule has 2 nitrogen and oxygen atoms in total. The first-order valence-corrected chi connectivity index (χ1v) is 16.8. The Morgan fingerprint density at radius 3 is 1.66 bits per heavy atom. The van der Waals surface area contributed by atoms with Gasteiger partial charge in [-0.3, -0.25) is 0 Å². The molecular weight excluding hydrogens is 703 g/mol. The monoisotopic (exact) mass is 777 g/mol. The third-order valence-electron chi connectivity index (χ3n) is 8.75. The van der Waals surface area contributed by atoms with E-state index in [2.05, 4.69) is 0 Å². The van der Waals surface area contributed by atoms with E-state index in [0.29, 0.717) is 0 Å². The van der Waals surface area contributed by atoms with Crippen LogP contribution in [-0.4, -0.2) is 0 Å². The van der Waals surface area contributed by atoms with Crippen LogP contribution in [0.15, 0.2) is 228 Å². The summed E-state index contributed by atoms with van der Waals surface area (Å²) in [7, 11) is 0. The van der Waals surface area contributed by atoms with Crippen LogP contribution in [0.3, 0.4) is 0 Å². The molecule has 0 unspecified atom stereocenters. The van der Waals surface area contributed by atoms with Crippen LogP contribution in [0.4, 0.5) is 17.1 Å². The van der Waals surface area contributed by atoms with Crippen LogP contribution in [0.1, 0.15) is 50.7 Å². The van der Waals surface area contributed by atoms with Gasteiger partial charge in [-0.15, -0.1) is 0 Å². The summed E-state index contributed by atoms with van der Waals surface area (Å²) in [6, 6.07) is -41.4. The van der Waals surface area contributed by atoms with E-state index in [9.17, 15) is 23.3 Å². The van der Waals surface area contributed by atoms with Crippen molar-refractivity contribution in [2.75, 3.05) is 4.90 Å². The van der Waals surface area contributed by atoms with Crippen molar-refractivity contribution < 1.29 is 55.1 Å². The quantitative estimate of drug-likeness (QED) is 0.150. The molecule has 0 saturated heterocycles. The van der Waals surface area contributed by atoms with E-state index < -0.39 is 329 Å². The maximum Gasteiger partial charge on any atom is 0.145 e. The molecule has 0 aliphatic carbocycles. The van der Waals surface area contributed by atoms with Gasteiger partial charge in [-0.25, -0.2) is 0 Å². The molecule has 0 bridgehead atoms. The minimum Gasteiger partial charge on any atom is -0.455 e. The maximum absolute atomic E-state index is 10.1. The summed E-state index contributed by atoms with van der Waals surface area (Å²) in [6.07, 6.45) is 0. The summed E-state index contributed by atoms with van der Waals surface area (Å²) in [5, 5.41) is -4.60. The van der Waals surface area contributed by atoms with E-state index >= 15 is 0 Å². The molecule has 0 spiro atoms. The van der Waals surface area contributed by atoms with E-state index in [4.69, 9.17) is 31.8 Å². The number of rotatable bonds is 7. The molecule has 0 fully saturated rings. The molecule has 11 rings (SSSR count). The molecular formula is C56H37NO. The van der Waals surface area contributed by atoms with Gasteiger partial charge in [0.15, 0.2) is 0 Å². The summed E-state index contributed by atoms with van der Waals surface area (Å²) in [5.74, 6) is 0. The summed E-state index contributed by atoms with van der Waals surface area (Å²) in [5.41, 5.74) is -13.5. The minimum absolute atomic E-state index is 0.279. The molecule has 0 aliphatic heterocycles. The second-order valence-electron chi connectivity index (χ2n) is 12.0. The number of para-hydroxylation sites is 1. The second kappa shape index (κ2) is 14.1. The molecule has 2 heteroatoms. The molecule has 0 amide bonds. The SMILES string of the molecule is [2H]c1c([2H])c([2H])c(-c2c([2H])c([2H])c(-c3c([2H])c([2H])c([2H])c(N(c4c([2H])c([2H])c(-c5c([2H])c6c([2H])c([2H])c([2H])c([2H])c6c6c([2H])c([2H])c([2H])c([2H])c56)c([2H])c4[2H])c4c([2H])c([2H])c(-c5c([2H])c([2H])c([2H])c([2H])c5[2H])c5oc6c([2H])c([2H])c([2H])c([2H])c6c45)c3[2H])c([2H])c2[2H])c([2H])c1[2H]. The largest absolute Gasteiger partial charge is 0.455 e. The Labute approximate surface area is 389 Å². The predicted octanol–water partition coefficient (Wildman–Crippen LogP) is 16.0. The Morgan fingerprint density at radius 2 is 0.897 bits per heavy atom. The third-order valence-corrected chi connectivity index (χ3v) is 8.75. The number of fused-ring (bicyclic) bond motifs is 6. The zero-order valence-electron chi connectivity index (χ0n) is 65.9. The van der Waals surface area contributed by atoms with Crippen molar-refractivity contribution in [2.24, 2.45) is 0 Å². The number of benzene rings is 10. The Balaban J connectivity index is 1.39. The molecule has 0 atom stereocenters. The van der Waals surface area contributed by atoms with Gasteiger partial charge in [-0.1, -0.05) is 175 Å². The van der Waals surface area contributed by atoms with E-state index in [1.807, 2.05) is 0 Å². The van der Waals surface area contributed by atoms with E-state index in [0.717, 1.165) is 0 Å². The van der Waals surface area contributed by atoms with Crippen LogP contribution in [0.25, 0.3) is 88.0 Å². The fourth-order valence-corrected chi connectivity index (χ4v) is 6.22. The van der Waals surface area contributed by atoms with Crippen molar-refractivity contribution in [3.63, 3.8) is 0 Å². The molecule has 1 aromatic heterocycles. The number of hydrogen-bond donors (Lipinski definition) is 0. The van der Waals surface area contributed by atoms with Gasteiger partial charge >= 0.3 is 0 Å². The fourth-order valence-electron chi connectivity index (χ4n) is 6.22. The lowest BCUT2D eigenvalue weighted by molar-refractivity contribution is 0.670. The fraction of sp³-hybridized carbons (Fsp3) is 0. The van der Waals surface area contributed by atoms with E-state index in [1.54, 1.807) is 0 Å². The Kier molecular flexibility index (Phi) is 3.15. The molecule has 10 aromatic carbocycles. The molecule has 58 heavy (non-hydrogen) atoms. The van der Waals surface area contributed by atoms with Crippen molar-refractivity contribution in [1.29, 1.82) is 0 Å². The van der Waals surface area contributed by atoms with Gasteiger partial charge in [0.1, 0.15) is 11.2 Å². The molecule has 0 aliphatic rings. The van der Waals surface area contributed by atoms with Crippen molar-refractivity contribution >= 4 is 60.5 Å². The first-order chi connectivity index (χ1) is 44.2. The lowest BCUT2D eigenvalue weighted by Crippen LogP contribution is -2.10. The van der Waals surface area contributed by atoms with Gasteiger partial charge < -0.3 is 9.32 Å². The maximum atomic E-state index is 10.1. The second-order valence-corrected chi connectivity index (χ2v) is 12.0. The molecule has 0 N–H and O–H groups in total. The number of nitrogens with zero attached hydrogens (tertiary/aromatic N) is 1. The Hall–Kier alpha value is -7.68. The van der Waals surface area contributed by atoms with Crippen molar-refractivity contribution in [3.05, 3.63) is 224 Å². The standard InChI is InChI=1S/C56H37NO/c1-3-14-38(15-4-1)39-26-28-40(29-27-39)43-19-13-20-46(36-43)57(53-35-34-48(41-16-5-2-6-17-41)56-55(53)51-24-11-12-25-54(51)58-56)45-32-30-42(31-33-45)52-37-44-18-7-8-21-47(44)49-22-9-10-23-50(49)52/h1-37H/i1D,2D,3D,4D,5D,6D,7D,8D,9D,10D,11D,12D,13D,14D,15D,16D,17D,18D,19D,20D,21D,22D,23D,24D,25D,26D,27D,28D,29D,30D,31D,32D,33D,34D,35D,36D,37D. The van der Waals surface area contributed by atoms with Gasteiger partial charge in [0.05, 0.1) is 61.8 Å². The number of hydrogen-bond acceptors (Lipinski definition) is 2. The third kappa shape index (κ3) is 5.82. The summed E-state index contributed by atoms with van der Waals surface area (Å²) >= 11 is 0. The predicted molar refractivity (Wildman–Crippen MR) is 245 cm³/mol. The van der Waals surface area contributed by atoms with Crippen LogP contribution < -0.4 is 4.90 Å². The molecule has 0 saturated carbocycles. The van der Waals surface area contributed by atoms with Gasteiger partial charge in [-0.05, 0) is 109 Å². The van der Waals surface area contributed by atoms with Gasteiger partial charge in [-0.2, -0.15) is 0 Å². The number of furan rings is 1. The molecule has 272 valence electrons.